The molecule has 1 N–H and O–H groups in total. The van der Waals surface area contributed by atoms with Crippen LogP contribution in [-0.2, 0) is 14.3 Å². The molecule has 0 heterocycles. The normalized spacial score (nSPS) is 24.5. The van der Waals surface area contributed by atoms with Gasteiger partial charge in [-0.1, -0.05) is 67.8 Å². The highest BCUT2D eigenvalue weighted by Gasteiger charge is 2.44. The Kier molecular flexibility index (Phi) is 6.04. The summed E-state index contributed by atoms with van der Waals surface area (Å²) in [4.78, 5) is 0.149. The first-order valence-electron chi connectivity index (χ1n) is 9.56. The minimum atomic E-state index is -3.83. The molecule has 5 heteroatoms. The highest BCUT2D eigenvalue weighted by atomic mass is 32.2. The van der Waals surface area contributed by atoms with E-state index in [-0.39, 0.29) is 23.3 Å². The number of hydrogen-bond donors (Lipinski definition) is 1. The van der Waals surface area contributed by atoms with Crippen LogP contribution in [0.1, 0.15) is 49.7 Å². The molecule has 4 nitrogen and oxygen atoms in total. The van der Waals surface area contributed by atoms with Crippen LogP contribution < -0.4 is 0 Å². The van der Waals surface area contributed by atoms with E-state index in [0.717, 1.165) is 30.4 Å². The van der Waals surface area contributed by atoms with Gasteiger partial charge in [0, 0.05) is 11.8 Å². The van der Waals surface area contributed by atoms with Gasteiger partial charge in [0.1, 0.15) is 0 Å². The molecule has 0 bridgehead atoms. The molecule has 3 unspecified atom stereocenters. The van der Waals surface area contributed by atoms with Crippen molar-refractivity contribution in [2.75, 3.05) is 6.61 Å². The van der Waals surface area contributed by atoms with Gasteiger partial charge in [0.05, 0.1) is 17.1 Å². The van der Waals surface area contributed by atoms with Gasteiger partial charge in [-0.3, -0.25) is 4.18 Å². The van der Waals surface area contributed by atoms with Gasteiger partial charge in [-0.05, 0) is 37.5 Å². The van der Waals surface area contributed by atoms with Crippen molar-refractivity contribution in [3.8, 4) is 0 Å². The van der Waals surface area contributed by atoms with Crippen LogP contribution in [0.25, 0.3) is 0 Å². The Hall–Kier alpha value is -1.69. The van der Waals surface area contributed by atoms with E-state index in [9.17, 15) is 13.5 Å². The van der Waals surface area contributed by atoms with Gasteiger partial charge in [0.2, 0.25) is 0 Å². The van der Waals surface area contributed by atoms with E-state index in [1.165, 1.54) is 0 Å². The number of hydrogen-bond acceptors (Lipinski definition) is 4. The van der Waals surface area contributed by atoms with Crippen LogP contribution in [0.4, 0.5) is 0 Å². The number of rotatable bonds is 6. The number of benzene rings is 2. The van der Waals surface area contributed by atoms with Gasteiger partial charge in [0.15, 0.2) is 0 Å². The van der Waals surface area contributed by atoms with Crippen molar-refractivity contribution in [2.45, 2.75) is 55.9 Å². The molecule has 27 heavy (non-hydrogen) atoms. The molecule has 3 rings (SSSR count). The quantitative estimate of drug-likeness (QED) is 0.744. The fourth-order valence-corrected chi connectivity index (χ4v) is 5.01. The van der Waals surface area contributed by atoms with Crippen molar-refractivity contribution >= 4 is 10.1 Å². The van der Waals surface area contributed by atoms with Crippen molar-refractivity contribution in [3.63, 3.8) is 0 Å². The van der Waals surface area contributed by atoms with E-state index in [1.54, 1.807) is 24.3 Å². The molecule has 1 fully saturated rings. The summed E-state index contributed by atoms with van der Waals surface area (Å²) in [6.07, 6.45) is 3.56. The maximum Gasteiger partial charge on any atom is 0.296 e. The minimum Gasteiger partial charge on any atom is -0.389 e. The standard InChI is InChI=1S/C22H28O4S/c1-17-11-13-20(14-12-17)27(24,25)26-16-18(2)22(23)15-7-6-10-21(22)19-8-4-3-5-9-19/h3-5,8-9,11-14,18,21,23H,6-7,10,15-16H2,1-2H3. The van der Waals surface area contributed by atoms with Crippen molar-refractivity contribution in [1.82, 2.24) is 0 Å². The second-order valence-electron chi connectivity index (χ2n) is 7.65. The highest BCUT2D eigenvalue weighted by molar-refractivity contribution is 7.86. The molecule has 1 aliphatic carbocycles. The predicted molar refractivity (Wildman–Crippen MR) is 106 cm³/mol. The van der Waals surface area contributed by atoms with Crippen LogP contribution in [0.2, 0.25) is 0 Å². The Labute approximate surface area is 162 Å². The van der Waals surface area contributed by atoms with Gasteiger partial charge in [-0.15, -0.1) is 0 Å². The molecule has 2 aromatic carbocycles. The molecular formula is C22H28O4S. The van der Waals surface area contributed by atoms with Crippen LogP contribution in [0.3, 0.4) is 0 Å². The summed E-state index contributed by atoms with van der Waals surface area (Å²) in [5, 5.41) is 11.5. The molecule has 1 saturated carbocycles. The van der Waals surface area contributed by atoms with Crippen LogP contribution in [0, 0.1) is 12.8 Å². The van der Waals surface area contributed by atoms with Crippen molar-refractivity contribution in [3.05, 3.63) is 65.7 Å². The third-order valence-electron chi connectivity index (χ3n) is 5.76. The third-order valence-corrected chi connectivity index (χ3v) is 7.06. The monoisotopic (exact) mass is 388 g/mol. The van der Waals surface area contributed by atoms with Crippen LogP contribution >= 0.6 is 0 Å². The van der Waals surface area contributed by atoms with E-state index in [2.05, 4.69) is 0 Å². The first kappa shape index (κ1) is 20.1. The second-order valence-corrected chi connectivity index (χ2v) is 9.27. The lowest BCUT2D eigenvalue weighted by Gasteiger charge is -2.44. The maximum absolute atomic E-state index is 12.5. The summed E-state index contributed by atoms with van der Waals surface area (Å²) in [5.74, 6) is -0.309. The molecule has 0 saturated heterocycles. The maximum atomic E-state index is 12.5. The average molecular weight is 389 g/mol. The molecule has 0 aliphatic heterocycles. The van der Waals surface area contributed by atoms with Gasteiger partial charge >= 0.3 is 0 Å². The Morgan fingerprint density at radius 1 is 1.11 bits per heavy atom. The van der Waals surface area contributed by atoms with Gasteiger partial charge in [-0.25, -0.2) is 0 Å². The molecule has 146 valence electrons. The Bertz CT molecular complexity index is 846. The topological polar surface area (TPSA) is 63.6 Å². The fraction of sp³-hybridized carbons (Fsp3) is 0.455. The Balaban J connectivity index is 1.75. The van der Waals surface area contributed by atoms with E-state index in [1.807, 2.05) is 44.2 Å². The second kappa shape index (κ2) is 8.13. The number of aliphatic hydroxyl groups is 1. The number of aryl methyl sites for hydroxylation is 1. The molecule has 0 aromatic heterocycles. The largest absolute Gasteiger partial charge is 0.389 e. The molecule has 3 atom stereocenters. The minimum absolute atomic E-state index is 0.00636. The van der Waals surface area contributed by atoms with Crippen molar-refractivity contribution < 1.29 is 17.7 Å². The molecule has 0 spiro atoms. The molecule has 1 aliphatic rings. The van der Waals surface area contributed by atoms with Gasteiger partial charge < -0.3 is 5.11 Å². The SMILES string of the molecule is Cc1ccc(S(=O)(=O)OCC(C)C2(O)CCCCC2c2ccccc2)cc1. The van der Waals surface area contributed by atoms with Gasteiger partial charge in [0.25, 0.3) is 10.1 Å². The van der Waals surface area contributed by atoms with Crippen molar-refractivity contribution in [1.29, 1.82) is 0 Å². The summed E-state index contributed by atoms with van der Waals surface area (Å²) >= 11 is 0. The van der Waals surface area contributed by atoms with E-state index >= 15 is 0 Å². The van der Waals surface area contributed by atoms with Crippen LogP contribution in [-0.4, -0.2) is 25.7 Å². The molecule has 0 radical (unpaired) electrons. The summed E-state index contributed by atoms with van der Waals surface area (Å²) in [7, 11) is -3.83. The van der Waals surface area contributed by atoms with Gasteiger partial charge in [-0.2, -0.15) is 8.42 Å². The molecule has 0 amide bonds. The molecule has 2 aromatic rings. The Morgan fingerprint density at radius 2 is 1.78 bits per heavy atom. The zero-order valence-corrected chi connectivity index (χ0v) is 16.8. The van der Waals surface area contributed by atoms with E-state index < -0.39 is 15.7 Å². The summed E-state index contributed by atoms with van der Waals surface area (Å²) in [6, 6.07) is 16.6. The summed E-state index contributed by atoms with van der Waals surface area (Å²) < 4.78 is 30.3. The van der Waals surface area contributed by atoms with E-state index in [4.69, 9.17) is 4.18 Å². The zero-order valence-electron chi connectivity index (χ0n) is 16.0. The summed E-state index contributed by atoms with van der Waals surface area (Å²) in [6.45, 7) is 3.75. The first-order valence-corrected chi connectivity index (χ1v) is 11.0. The molecular weight excluding hydrogens is 360 g/mol. The lowest BCUT2D eigenvalue weighted by molar-refractivity contribution is -0.0729. The smallest absolute Gasteiger partial charge is 0.296 e. The zero-order chi connectivity index (χ0) is 19.5. The fourth-order valence-electron chi connectivity index (χ4n) is 4.02. The lowest BCUT2D eigenvalue weighted by atomic mass is 9.66. The van der Waals surface area contributed by atoms with Crippen molar-refractivity contribution in [2.24, 2.45) is 5.92 Å². The lowest BCUT2D eigenvalue weighted by Crippen LogP contribution is -2.46. The highest BCUT2D eigenvalue weighted by Crippen LogP contribution is 2.45. The summed E-state index contributed by atoms with van der Waals surface area (Å²) in [5.41, 5.74) is 1.13. The van der Waals surface area contributed by atoms with Crippen LogP contribution in [0.5, 0.6) is 0 Å². The van der Waals surface area contributed by atoms with E-state index in [0.29, 0.717) is 6.42 Å². The third kappa shape index (κ3) is 4.42. The first-order chi connectivity index (χ1) is 12.8. The Morgan fingerprint density at radius 3 is 2.44 bits per heavy atom. The average Bonchev–Trinajstić information content (AvgIpc) is 2.67. The van der Waals surface area contributed by atoms with Crippen LogP contribution in [0.15, 0.2) is 59.5 Å². The predicted octanol–water partition coefficient (Wildman–Crippen LogP) is 4.43.